The molecule has 1 aromatic carbocycles. The number of carbonyl (C=O) groups excluding carboxylic acids is 1. The lowest BCUT2D eigenvalue weighted by Gasteiger charge is -2.09. The highest BCUT2D eigenvalue weighted by atomic mass is 35.5. The van der Waals surface area contributed by atoms with E-state index in [1.165, 1.54) is 57.8 Å². The maximum Gasteiger partial charge on any atom is 0.252 e. The first kappa shape index (κ1) is 25.3. The molecular formula is C19H33Cl2NO2. The number of benzene rings is 1. The zero-order valence-electron chi connectivity index (χ0n) is 14.8. The van der Waals surface area contributed by atoms with Crippen molar-refractivity contribution in [2.75, 3.05) is 6.61 Å². The molecule has 0 bridgehead atoms. The van der Waals surface area contributed by atoms with Crippen LogP contribution in [0.25, 0.3) is 0 Å². The molecule has 0 spiro atoms. The largest absolute Gasteiger partial charge is 0.493 e. The van der Waals surface area contributed by atoms with Crippen molar-refractivity contribution in [1.29, 1.82) is 0 Å². The predicted molar refractivity (Wildman–Crippen MR) is 107 cm³/mol. The summed E-state index contributed by atoms with van der Waals surface area (Å²) in [4.78, 5) is 11.3. The van der Waals surface area contributed by atoms with E-state index in [1.54, 1.807) is 18.2 Å². The van der Waals surface area contributed by atoms with E-state index >= 15 is 0 Å². The van der Waals surface area contributed by atoms with Crippen LogP contribution in [-0.4, -0.2) is 12.5 Å². The molecule has 0 saturated carbocycles. The Bertz CT molecular complexity index is 428. The van der Waals surface area contributed by atoms with Crippen LogP contribution in [0.1, 0.15) is 81.5 Å². The number of rotatable bonds is 13. The third-order valence-corrected chi connectivity index (χ3v) is 3.91. The minimum absolute atomic E-state index is 0. The Hall–Kier alpha value is -0.930. The maximum atomic E-state index is 11.3. The molecule has 0 heterocycles. The van der Waals surface area contributed by atoms with Gasteiger partial charge in [-0.15, -0.1) is 24.8 Å². The molecule has 0 aliphatic heterocycles. The lowest BCUT2D eigenvalue weighted by Crippen LogP contribution is -2.13. The van der Waals surface area contributed by atoms with Crippen molar-refractivity contribution in [3.05, 3.63) is 29.8 Å². The minimum Gasteiger partial charge on any atom is -0.493 e. The molecule has 0 aliphatic rings. The molecule has 0 radical (unpaired) electrons. The van der Waals surface area contributed by atoms with Crippen molar-refractivity contribution in [3.63, 3.8) is 0 Å². The van der Waals surface area contributed by atoms with Crippen molar-refractivity contribution < 1.29 is 9.53 Å². The number of ether oxygens (including phenoxy) is 1. The highest BCUT2D eigenvalue weighted by molar-refractivity contribution is 5.95. The van der Waals surface area contributed by atoms with Crippen molar-refractivity contribution in [1.82, 2.24) is 0 Å². The summed E-state index contributed by atoms with van der Waals surface area (Å²) in [6.07, 6.45) is 13.0. The molecule has 1 amide bonds. The van der Waals surface area contributed by atoms with Crippen LogP contribution in [0, 0.1) is 0 Å². The molecule has 140 valence electrons. The Morgan fingerprint density at radius 1 is 0.875 bits per heavy atom. The van der Waals surface area contributed by atoms with Crippen LogP contribution in [0.5, 0.6) is 5.75 Å². The Balaban J connectivity index is 0. The molecule has 3 nitrogen and oxygen atoms in total. The molecular weight excluding hydrogens is 345 g/mol. The number of carbonyl (C=O) groups is 1. The van der Waals surface area contributed by atoms with E-state index in [0.717, 1.165) is 6.42 Å². The van der Waals surface area contributed by atoms with E-state index in [2.05, 4.69) is 6.92 Å². The number of primary amides is 1. The van der Waals surface area contributed by atoms with Gasteiger partial charge in [-0.3, -0.25) is 4.79 Å². The summed E-state index contributed by atoms with van der Waals surface area (Å²) in [6.45, 7) is 2.91. The van der Waals surface area contributed by atoms with Crippen LogP contribution in [0.15, 0.2) is 24.3 Å². The van der Waals surface area contributed by atoms with Crippen molar-refractivity contribution in [2.24, 2.45) is 5.73 Å². The van der Waals surface area contributed by atoms with Crippen molar-refractivity contribution in [2.45, 2.75) is 71.1 Å². The standard InChI is InChI=1S/C19H31NO2.2ClH/c1-2-3-4-5-6-7-8-9-10-13-16-22-18-15-12-11-14-17(18)19(20)21;;/h11-12,14-15H,2-10,13,16H2,1H3,(H2,20,21);2*1H. The SMILES string of the molecule is CCCCCCCCCCCCOc1ccccc1C(N)=O.Cl.Cl. The van der Waals surface area contributed by atoms with Crippen molar-refractivity contribution in [3.8, 4) is 5.75 Å². The number of hydrogen-bond donors (Lipinski definition) is 1. The Morgan fingerprint density at radius 3 is 1.92 bits per heavy atom. The van der Waals surface area contributed by atoms with Gasteiger partial charge in [-0.05, 0) is 18.6 Å². The van der Waals surface area contributed by atoms with E-state index in [0.29, 0.717) is 17.9 Å². The van der Waals surface area contributed by atoms with Gasteiger partial charge in [0.25, 0.3) is 5.91 Å². The second-order valence-corrected chi connectivity index (χ2v) is 5.89. The van der Waals surface area contributed by atoms with Gasteiger partial charge in [-0.25, -0.2) is 0 Å². The van der Waals surface area contributed by atoms with E-state index < -0.39 is 5.91 Å². The molecule has 0 unspecified atom stereocenters. The quantitative estimate of drug-likeness (QED) is 0.433. The van der Waals surface area contributed by atoms with Crippen LogP contribution in [-0.2, 0) is 0 Å². The van der Waals surface area contributed by atoms with Crippen LogP contribution >= 0.6 is 24.8 Å². The fourth-order valence-corrected chi connectivity index (χ4v) is 2.57. The number of unbranched alkanes of at least 4 members (excludes halogenated alkanes) is 9. The van der Waals surface area contributed by atoms with Gasteiger partial charge < -0.3 is 10.5 Å². The fraction of sp³-hybridized carbons (Fsp3) is 0.632. The summed E-state index contributed by atoms with van der Waals surface area (Å²) >= 11 is 0. The number of para-hydroxylation sites is 1. The third kappa shape index (κ3) is 11.6. The first-order chi connectivity index (χ1) is 10.8. The predicted octanol–water partition coefficient (Wildman–Crippen LogP) is 5.93. The zero-order chi connectivity index (χ0) is 16.0. The van der Waals surface area contributed by atoms with Gasteiger partial charge in [0.1, 0.15) is 5.75 Å². The number of amides is 1. The van der Waals surface area contributed by atoms with Gasteiger partial charge >= 0.3 is 0 Å². The molecule has 2 N–H and O–H groups in total. The smallest absolute Gasteiger partial charge is 0.252 e. The second kappa shape index (κ2) is 16.9. The maximum absolute atomic E-state index is 11.3. The molecule has 0 atom stereocenters. The third-order valence-electron chi connectivity index (χ3n) is 3.91. The Labute approximate surface area is 159 Å². The monoisotopic (exact) mass is 377 g/mol. The summed E-state index contributed by atoms with van der Waals surface area (Å²) < 4.78 is 5.67. The van der Waals surface area contributed by atoms with Gasteiger partial charge in [0.2, 0.25) is 0 Å². The Morgan fingerprint density at radius 2 is 1.38 bits per heavy atom. The van der Waals surface area contributed by atoms with Gasteiger partial charge in [-0.2, -0.15) is 0 Å². The summed E-state index contributed by atoms with van der Waals surface area (Å²) in [5.74, 6) is 0.171. The van der Waals surface area contributed by atoms with E-state index in [-0.39, 0.29) is 24.8 Å². The van der Waals surface area contributed by atoms with Gasteiger partial charge in [0.15, 0.2) is 0 Å². The lowest BCUT2D eigenvalue weighted by molar-refractivity contribution is 0.0996. The first-order valence-electron chi connectivity index (χ1n) is 8.77. The van der Waals surface area contributed by atoms with Crippen LogP contribution < -0.4 is 10.5 Å². The second-order valence-electron chi connectivity index (χ2n) is 5.89. The highest BCUT2D eigenvalue weighted by Crippen LogP contribution is 2.18. The van der Waals surface area contributed by atoms with E-state index in [4.69, 9.17) is 10.5 Å². The zero-order valence-corrected chi connectivity index (χ0v) is 16.4. The highest BCUT2D eigenvalue weighted by Gasteiger charge is 2.07. The number of nitrogens with two attached hydrogens (primary N) is 1. The first-order valence-corrected chi connectivity index (χ1v) is 8.77. The molecule has 1 rings (SSSR count). The molecule has 1 aromatic rings. The Kier molecular flexibility index (Phi) is 17.8. The molecule has 0 aliphatic carbocycles. The van der Waals surface area contributed by atoms with Crippen LogP contribution in [0.2, 0.25) is 0 Å². The lowest BCUT2D eigenvalue weighted by atomic mass is 10.1. The molecule has 24 heavy (non-hydrogen) atoms. The van der Waals surface area contributed by atoms with Crippen LogP contribution in [0.3, 0.4) is 0 Å². The summed E-state index contributed by atoms with van der Waals surface area (Å²) in [7, 11) is 0. The van der Waals surface area contributed by atoms with Gasteiger partial charge in [-0.1, -0.05) is 76.8 Å². The number of hydrogen-bond acceptors (Lipinski definition) is 2. The molecule has 0 fully saturated rings. The fourth-order valence-electron chi connectivity index (χ4n) is 2.57. The number of halogens is 2. The molecule has 0 saturated heterocycles. The van der Waals surface area contributed by atoms with E-state index in [9.17, 15) is 4.79 Å². The van der Waals surface area contributed by atoms with E-state index in [1.807, 2.05) is 6.07 Å². The average Bonchev–Trinajstić information content (AvgIpc) is 2.53. The van der Waals surface area contributed by atoms with Crippen LogP contribution in [0.4, 0.5) is 0 Å². The summed E-state index contributed by atoms with van der Waals surface area (Å²) in [5, 5.41) is 0. The van der Waals surface area contributed by atoms with Crippen molar-refractivity contribution >= 4 is 30.7 Å². The summed E-state index contributed by atoms with van der Waals surface area (Å²) in [5.41, 5.74) is 5.79. The van der Waals surface area contributed by atoms with Gasteiger partial charge in [0, 0.05) is 0 Å². The topological polar surface area (TPSA) is 52.3 Å². The minimum atomic E-state index is -0.432. The summed E-state index contributed by atoms with van der Waals surface area (Å²) in [6, 6.07) is 7.17. The molecule has 5 heteroatoms. The average molecular weight is 378 g/mol. The molecule has 0 aromatic heterocycles. The van der Waals surface area contributed by atoms with Gasteiger partial charge in [0.05, 0.1) is 12.2 Å². The normalized spacial score (nSPS) is 9.71.